The number of aliphatic hydroxyl groups is 1. The lowest BCUT2D eigenvalue weighted by Crippen LogP contribution is -2.54. The van der Waals surface area contributed by atoms with Crippen LogP contribution in [0.15, 0.2) is 17.0 Å². The first-order valence-corrected chi connectivity index (χ1v) is 9.79. The molecular weight excluding hydrogens is 344 g/mol. The van der Waals surface area contributed by atoms with Gasteiger partial charge in [0.05, 0.1) is 25.2 Å². The van der Waals surface area contributed by atoms with Crippen LogP contribution < -0.4 is 9.47 Å². The van der Waals surface area contributed by atoms with Crippen LogP contribution in [0.4, 0.5) is 0 Å². The molecule has 0 spiro atoms. The zero-order chi connectivity index (χ0) is 18.8. The highest BCUT2D eigenvalue weighted by Gasteiger charge is 2.34. The minimum atomic E-state index is -3.63. The summed E-state index contributed by atoms with van der Waals surface area (Å²) in [6, 6.07) is 3.24. The first-order valence-electron chi connectivity index (χ1n) is 8.35. The van der Waals surface area contributed by atoms with Crippen LogP contribution in [0.25, 0.3) is 0 Å². The molecule has 25 heavy (non-hydrogen) atoms. The second-order valence-electron chi connectivity index (χ2n) is 6.53. The Morgan fingerprint density at radius 2 is 1.84 bits per heavy atom. The molecule has 1 aliphatic rings. The predicted octanol–water partition coefficient (Wildman–Crippen LogP) is 1.09. The van der Waals surface area contributed by atoms with E-state index in [1.807, 2.05) is 6.92 Å². The molecule has 0 amide bonds. The van der Waals surface area contributed by atoms with Crippen LogP contribution in [0.3, 0.4) is 0 Å². The van der Waals surface area contributed by atoms with Gasteiger partial charge in [-0.3, -0.25) is 4.90 Å². The van der Waals surface area contributed by atoms with Crippen LogP contribution in [-0.4, -0.2) is 75.3 Å². The molecule has 0 aliphatic carbocycles. The number of hydrogen-bond donors (Lipinski definition) is 1. The normalized spacial score (nSPS) is 21.1. The molecule has 142 valence electrons. The number of hydrogen-bond acceptors (Lipinski definition) is 6. The standard InChI is InChI=1S/C17H28N2O5S/c1-12-8-15(23-4)16(24-5)9-17(12)25(21,22)19-7-6-18(11-14(3)20)13(2)10-19/h8-9,13-14,20H,6-7,10-11H2,1-5H3/t13-,14-/m1/s1. The number of aryl methyl sites for hydroxylation is 1. The SMILES string of the molecule is COc1cc(C)c(S(=O)(=O)N2CCN(C[C@@H](C)O)[C@H](C)C2)cc1OC. The molecule has 0 saturated carbocycles. The molecule has 2 rings (SSSR count). The topological polar surface area (TPSA) is 79.3 Å². The maximum absolute atomic E-state index is 13.1. The molecule has 1 aliphatic heterocycles. The Kier molecular flexibility index (Phi) is 6.31. The van der Waals surface area contributed by atoms with Crippen LogP contribution in [0.2, 0.25) is 0 Å². The molecule has 2 atom stereocenters. The number of sulfonamides is 1. The first kappa shape index (κ1) is 20.0. The number of rotatable bonds is 6. The van der Waals surface area contributed by atoms with Crippen molar-refractivity contribution in [1.82, 2.24) is 9.21 Å². The molecular formula is C17H28N2O5S. The van der Waals surface area contributed by atoms with Gasteiger partial charge in [-0.2, -0.15) is 4.31 Å². The van der Waals surface area contributed by atoms with Gasteiger partial charge in [0.25, 0.3) is 0 Å². The van der Waals surface area contributed by atoms with Gasteiger partial charge in [0.15, 0.2) is 11.5 Å². The van der Waals surface area contributed by atoms with E-state index in [-0.39, 0.29) is 10.9 Å². The molecule has 1 fully saturated rings. The van der Waals surface area contributed by atoms with Gasteiger partial charge in [-0.1, -0.05) is 0 Å². The Morgan fingerprint density at radius 1 is 1.24 bits per heavy atom. The quantitative estimate of drug-likeness (QED) is 0.805. The van der Waals surface area contributed by atoms with Crippen molar-refractivity contribution in [2.45, 2.75) is 37.8 Å². The van der Waals surface area contributed by atoms with Crippen LogP contribution in [-0.2, 0) is 10.0 Å². The average molecular weight is 372 g/mol. The summed E-state index contributed by atoms with van der Waals surface area (Å²) in [5, 5.41) is 9.57. The van der Waals surface area contributed by atoms with E-state index in [9.17, 15) is 13.5 Å². The van der Waals surface area contributed by atoms with Crippen molar-refractivity contribution in [3.63, 3.8) is 0 Å². The van der Waals surface area contributed by atoms with Crippen molar-refractivity contribution in [2.24, 2.45) is 0 Å². The third-order valence-electron chi connectivity index (χ3n) is 4.53. The van der Waals surface area contributed by atoms with Crippen LogP contribution >= 0.6 is 0 Å². The monoisotopic (exact) mass is 372 g/mol. The lowest BCUT2D eigenvalue weighted by molar-refractivity contribution is 0.0699. The van der Waals surface area contributed by atoms with Crippen molar-refractivity contribution in [3.05, 3.63) is 17.7 Å². The minimum absolute atomic E-state index is 0.0403. The number of benzene rings is 1. The number of piperazine rings is 1. The largest absolute Gasteiger partial charge is 0.493 e. The van der Waals surface area contributed by atoms with E-state index < -0.39 is 16.1 Å². The lowest BCUT2D eigenvalue weighted by Gasteiger charge is -2.39. The minimum Gasteiger partial charge on any atom is -0.493 e. The van der Waals surface area contributed by atoms with Crippen LogP contribution in [0.1, 0.15) is 19.4 Å². The maximum Gasteiger partial charge on any atom is 0.243 e. The summed E-state index contributed by atoms with van der Waals surface area (Å²) in [5.41, 5.74) is 0.622. The highest BCUT2D eigenvalue weighted by Crippen LogP contribution is 2.34. The Morgan fingerprint density at radius 3 is 2.36 bits per heavy atom. The molecule has 1 N–H and O–H groups in total. The molecule has 0 aromatic heterocycles. The third-order valence-corrected chi connectivity index (χ3v) is 6.53. The molecule has 1 aromatic carbocycles. The molecule has 0 bridgehead atoms. The van der Waals surface area contributed by atoms with Gasteiger partial charge in [-0.25, -0.2) is 8.42 Å². The van der Waals surface area contributed by atoms with E-state index in [1.54, 1.807) is 19.9 Å². The Labute approximate surface area is 150 Å². The number of aliphatic hydroxyl groups excluding tert-OH is 1. The number of ether oxygens (including phenoxy) is 2. The predicted molar refractivity (Wildman–Crippen MR) is 95.8 cm³/mol. The van der Waals surface area contributed by atoms with Crippen molar-refractivity contribution in [3.8, 4) is 11.5 Å². The van der Waals surface area contributed by atoms with Crippen LogP contribution in [0.5, 0.6) is 11.5 Å². The summed E-state index contributed by atoms with van der Waals surface area (Å²) in [4.78, 5) is 2.35. The second kappa shape index (κ2) is 7.90. The fourth-order valence-electron chi connectivity index (χ4n) is 3.17. The lowest BCUT2D eigenvalue weighted by atomic mass is 10.2. The van der Waals surface area contributed by atoms with E-state index in [1.165, 1.54) is 24.6 Å². The molecule has 1 aromatic rings. The van der Waals surface area contributed by atoms with E-state index >= 15 is 0 Å². The Balaban J connectivity index is 2.28. The van der Waals surface area contributed by atoms with E-state index in [2.05, 4.69) is 4.90 Å². The molecule has 7 nitrogen and oxygen atoms in total. The molecule has 8 heteroatoms. The zero-order valence-electron chi connectivity index (χ0n) is 15.5. The molecule has 0 radical (unpaired) electrons. The molecule has 1 saturated heterocycles. The summed E-state index contributed by atoms with van der Waals surface area (Å²) in [5.74, 6) is 0.904. The fraction of sp³-hybridized carbons (Fsp3) is 0.647. The third kappa shape index (κ3) is 4.25. The smallest absolute Gasteiger partial charge is 0.243 e. The fourth-order valence-corrected chi connectivity index (χ4v) is 4.90. The summed E-state index contributed by atoms with van der Waals surface area (Å²) in [6.45, 7) is 7.40. The van der Waals surface area contributed by atoms with Gasteiger partial charge in [-0.05, 0) is 32.4 Å². The van der Waals surface area contributed by atoms with E-state index in [0.717, 1.165) is 0 Å². The Hall–Kier alpha value is -1.35. The van der Waals surface area contributed by atoms with E-state index in [0.29, 0.717) is 43.2 Å². The van der Waals surface area contributed by atoms with Gasteiger partial charge in [0, 0.05) is 38.3 Å². The zero-order valence-corrected chi connectivity index (χ0v) is 16.3. The summed E-state index contributed by atoms with van der Waals surface area (Å²) in [6.07, 6.45) is -0.432. The van der Waals surface area contributed by atoms with Crippen molar-refractivity contribution < 1.29 is 23.0 Å². The van der Waals surface area contributed by atoms with Crippen molar-refractivity contribution in [2.75, 3.05) is 40.4 Å². The van der Waals surface area contributed by atoms with Gasteiger partial charge in [0.2, 0.25) is 10.0 Å². The summed E-state index contributed by atoms with van der Waals surface area (Å²) >= 11 is 0. The van der Waals surface area contributed by atoms with Crippen molar-refractivity contribution >= 4 is 10.0 Å². The van der Waals surface area contributed by atoms with Gasteiger partial charge >= 0.3 is 0 Å². The molecule has 1 heterocycles. The average Bonchev–Trinajstić information content (AvgIpc) is 2.55. The highest BCUT2D eigenvalue weighted by atomic mass is 32.2. The van der Waals surface area contributed by atoms with Gasteiger partial charge < -0.3 is 14.6 Å². The Bertz CT molecular complexity index is 705. The number of nitrogens with zero attached hydrogens (tertiary/aromatic N) is 2. The van der Waals surface area contributed by atoms with E-state index in [4.69, 9.17) is 9.47 Å². The molecule has 0 unspecified atom stereocenters. The highest BCUT2D eigenvalue weighted by molar-refractivity contribution is 7.89. The second-order valence-corrected chi connectivity index (χ2v) is 8.44. The number of β-amino-alcohol motifs (C(OH)–C–C–N with tert-alkyl or cyclic N) is 1. The van der Waals surface area contributed by atoms with Gasteiger partial charge in [0.1, 0.15) is 0 Å². The van der Waals surface area contributed by atoms with Crippen molar-refractivity contribution in [1.29, 1.82) is 0 Å². The maximum atomic E-state index is 13.1. The van der Waals surface area contributed by atoms with Crippen LogP contribution in [0, 0.1) is 6.92 Å². The number of methoxy groups -OCH3 is 2. The summed E-state index contributed by atoms with van der Waals surface area (Å²) in [7, 11) is -0.618. The summed E-state index contributed by atoms with van der Waals surface area (Å²) < 4.78 is 38.2. The van der Waals surface area contributed by atoms with Gasteiger partial charge in [-0.15, -0.1) is 0 Å². The first-order chi connectivity index (χ1) is 11.7.